The molecule has 9 atom stereocenters. The Morgan fingerprint density at radius 2 is 1.37 bits per heavy atom. The van der Waals surface area contributed by atoms with E-state index in [1.54, 1.807) is 20.8 Å². The molecule has 2 N–H and O–H groups in total. The molecule has 2 saturated heterocycles. The fourth-order valence-corrected chi connectivity index (χ4v) is 13.8. The molecular formula is C44H64O13. The maximum atomic E-state index is 14.5. The van der Waals surface area contributed by atoms with E-state index in [1.807, 2.05) is 6.92 Å². The Morgan fingerprint density at radius 3 is 1.95 bits per heavy atom. The predicted molar refractivity (Wildman–Crippen MR) is 200 cm³/mol. The highest BCUT2D eigenvalue weighted by Gasteiger charge is 2.66. The Kier molecular flexibility index (Phi) is 10.2. The summed E-state index contributed by atoms with van der Waals surface area (Å²) in [5, 5.41) is 22.8. The van der Waals surface area contributed by atoms with Gasteiger partial charge >= 0.3 is 29.8 Å². The van der Waals surface area contributed by atoms with Crippen molar-refractivity contribution in [1.82, 2.24) is 0 Å². The summed E-state index contributed by atoms with van der Waals surface area (Å²) >= 11 is 0. The summed E-state index contributed by atoms with van der Waals surface area (Å²) in [6.45, 7) is 9.11. The molecule has 57 heavy (non-hydrogen) atoms. The Labute approximate surface area is 335 Å². The molecule has 0 amide bonds. The molecule has 9 unspecified atom stereocenters. The van der Waals surface area contributed by atoms with Gasteiger partial charge in [0.15, 0.2) is 0 Å². The molecule has 8 aliphatic carbocycles. The summed E-state index contributed by atoms with van der Waals surface area (Å²) in [6, 6.07) is 0. The van der Waals surface area contributed by atoms with E-state index in [2.05, 4.69) is 0 Å². The van der Waals surface area contributed by atoms with E-state index in [0.717, 1.165) is 19.3 Å². The second kappa shape index (κ2) is 14.2. The van der Waals surface area contributed by atoms with Gasteiger partial charge in [0.1, 0.15) is 16.8 Å². The number of rotatable bonds is 13. The smallest absolute Gasteiger partial charge is 0.351 e. The van der Waals surface area contributed by atoms with E-state index >= 15 is 0 Å². The van der Waals surface area contributed by atoms with Crippen LogP contribution >= 0.6 is 0 Å². The van der Waals surface area contributed by atoms with Crippen LogP contribution in [0.4, 0.5) is 0 Å². The van der Waals surface area contributed by atoms with Gasteiger partial charge < -0.3 is 38.6 Å². The van der Waals surface area contributed by atoms with E-state index in [4.69, 9.17) is 28.4 Å². The number of ether oxygens (including phenoxy) is 6. The van der Waals surface area contributed by atoms with Gasteiger partial charge in [0, 0.05) is 38.5 Å². The second-order valence-corrected chi connectivity index (χ2v) is 21.3. The van der Waals surface area contributed by atoms with Crippen LogP contribution in [-0.2, 0) is 52.4 Å². The monoisotopic (exact) mass is 800 g/mol. The molecule has 13 nitrogen and oxygen atoms in total. The van der Waals surface area contributed by atoms with Gasteiger partial charge in [0.2, 0.25) is 11.9 Å². The number of hydrogen-bond donors (Lipinski definition) is 2. The number of cyclic esters (lactones) is 1. The summed E-state index contributed by atoms with van der Waals surface area (Å²) in [6.07, 6.45) is 9.16. The van der Waals surface area contributed by atoms with Crippen molar-refractivity contribution in [1.29, 1.82) is 0 Å². The summed E-state index contributed by atoms with van der Waals surface area (Å²) in [4.78, 5) is 69.1. The van der Waals surface area contributed by atoms with Crippen LogP contribution < -0.4 is 0 Å². The van der Waals surface area contributed by atoms with E-state index in [-0.39, 0.29) is 62.2 Å². The number of carbonyl (C=O) groups excluding carboxylic acids is 5. The van der Waals surface area contributed by atoms with Gasteiger partial charge in [-0.15, -0.1) is 0 Å². The quantitative estimate of drug-likeness (QED) is 0.170. The van der Waals surface area contributed by atoms with E-state index < -0.39 is 86.9 Å². The van der Waals surface area contributed by atoms with Crippen LogP contribution in [0.25, 0.3) is 0 Å². The van der Waals surface area contributed by atoms with Crippen molar-refractivity contribution in [3.8, 4) is 0 Å². The largest absolute Gasteiger partial charge is 0.459 e. The van der Waals surface area contributed by atoms with Gasteiger partial charge in [-0.1, -0.05) is 13.8 Å². The van der Waals surface area contributed by atoms with Crippen LogP contribution in [0.1, 0.15) is 157 Å². The number of aliphatic hydroxyl groups is 2. The summed E-state index contributed by atoms with van der Waals surface area (Å²) < 4.78 is 35.9. The van der Waals surface area contributed by atoms with Crippen molar-refractivity contribution in [3.63, 3.8) is 0 Å². The third kappa shape index (κ3) is 7.99. The maximum Gasteiger partial charge on any atom is 0.351 e. The minimum atomic E-state index is -1.48. The first kappa shape index (κ1) is 41.0. The van der Waals surface area contributed by atoms with Gasteiger partial charge in [-0.25, -0.2) is 4.79 Å². The molecule has 2 heterocycles. The van der Waals surface area contributed by atoms with Crippen LogP contribution in [0.15, 0.2) is 0 Å². The number of hydrogen-bond acceptors (Lipinski definition) is 13. The fourth-order valence-electron chi connectivity index (χ4n) is 13.8. The first-order valence-electron chi connectivity index (χ1n) is 21.8. The molecule has 318 valence electrons. The lowest BCUT2D eigenvalue weighted by Gasteiger charge is -2.62. The molecule has 2 aliphatic heterocycles. The normalized spacial score (nSPS) is 43.8. The van der Waals surface area contributed by atoms with Crippen LogP contribution in [0.3, 0.4) is 0 Å². The highest BCUT2D eigenvalue weighted by molar-refractivity contribution is 5.86. The Hall–Kier alpha value is -2.77. The molecule has 10 aliphatic rings. The highest BCUT2D eigenvalue weighted by atomic mass is 16.7. The maximum absolute atomic E-state index is 14.5. The van der Waals surface area contributed by atoms with Gasteiger partial charge in [0.25, 0.3) is 0 Å². The molecule has 10 rings (SSSR count). The van der Waals surface area contributed by atoms with Gasteiger partial charge in [0.05, 0.1) is 41.0 Å². The van der Waals surface area contributed by atoms with Crippen molar-refractivity contribution in [3.05, 3.63) is 0 Å². The highest BCUT2D eigenvalue weighted by Crippen LogP contribution is 2.64. The summed E-state index contributed by atoms with van der Waals surface area (Å²) in [5.41, 5.74) is -7.11. The summed E-state index contributed by atoms with van der Waals surface area (Å²) in [7, 11) is 0. The van der Waals surface area contributed by atoms with Gasteiger partial charge in [-0.2, -0.15) is 0 Å². The van der Waals surface area contributed by atoms with Crippen LogP contribution in [0.5, 0.6) is 0 Å². The number of esters is 5. The molecule has 0 aromatic rings. The zero-order chi connectivity index (χ0) is 40.8. The lowest BCUT2D eigenvalue weighted by Crippen LogP contribution is -2.67. The zero-order valence-electron chi connectivity index (χ0n) is 34.6. The minimum absolute atomic E-state index is 0.0157. The first-order valence-corrected chi connectivity index (χ1v) is 21.8. The fraction of sp³-hybridized carbons (Fsp3) is 0.886. The Bertz CT molecular complexity index is 1620. The summed E-state index contributed by atoms with van der Waals surface area (Å²) in [5.74, 6) is -4.58. The molecule has 8 saturated carbocycles. The molecular weight excluding hydrogens is 736 g/mol. The zero-order valence-corrected chi connectivity index (χ0v) is 34.6. The van der Waals surface area contributed by atoms with Crippen molar-refractivity contribution in [2.75, 3.05) is 6.61 Å². The van der Waals surface area contributed by atoms with Crippen molar-refractivity contribution < 1.29 is 62.6 Å². The predicted octanol–water partition coefficient (Wildman–Crippen LogP) is 5.77. The average Bonchev–Trinajstić information content (AvgIpc) is 3.28. The number of carbonyl (C=O) groups is 5. The second-order valence-electron chi connectivity index (χ2n) is 21.3. The molecule has 10 fully saturated rings. The van der Waals surface area contributed by atoms with Gasteiger partial charge in [-0.3, -0.25) is 19.2 Å². The lowest BCUT2D eigenvalue weighted by molar-refractivity contribution is -0.263. The SMILES string of the molecule is CCC(CC(CC(C)C(=O)OC1(C)CC(C)(C)OC1=O)C(=O)OC12CC3CC(O)(CC(O)(C3)C1)C2)C(=O)OC12CC3CC(C1)CC(C(=O)OC1CCCCO1)(C3)C2. The molecule has 0 radical (unpaired) electrons. The topological polar surface area (TPSA) is 181 Å². The van der Waals surface area contributed by atoms with Gasteiger partial charge in [-0.05, 0) is 122 Å². The van der Waals surface area contributed by atoms with Crippen LogP contribution in [-0.4, -0.2) is 86.6 Å². The minimum Gasteiger partial charge on any atom is -0.459 e. The lowest BCUT2D eigenvalue weighted by atomic mass is 9.48. The third-order valence-corrected chi connectivity index (χ3v) is 15.1. The molecule has 0 aromatic carbocycles. The van der Waals surface area contributed by atoms with E-state index in [9.17, 15) is 34.2 Å². The molecule has 8 bridgehead atoms. The van der Waals surface area contributed by atoms with Crippen molar-refractivity contribution in [2.45, 2.75) is 197 Å². The molecule has 13 heteroatoms. The first-order chi connectivity index (χ1) is 26.7. The van der Waals surface area contributed by atoms with Crippen LogP contribution in [0, 0.1) is 40.9 Å². The third-order valence-electron chi connectivity index (χ3n) is 15.1. The Morgan fingerprint density at radius 1 is 0.737 bits per heavy atom. The van der Waals surface area contributed by atoms with Crippen LogP contribution in [0.2, 0.25) is 0 Å². The van der Waals surface area contributed by atoms with Crippen molar-refractivity contribution in [2.24, 2.45) is 40.9 Å². The Balaban J connectivity index is 0.992. The molecule has 0 spiro atoms. The average molecular weight is 801 g/mol. The standard InChI is InChI=1S/C44H64O13/c1-6-30(34(46)55-43-18-27-12-28(19-43)15-40(14-27,22-43)37(49)53-32-9-7-8-10-52-32)13-31(11-26(2)33(45)54-39(5)21-38(3,4)57-36(39)48)35(47)56-44-20-29-16-41(50,24-44)23-42(51,17-29)25-44/h26-32,50-51H,6-25H2,1-5H3. The van der Waals surface area contributed by atoms with E-state index in [0.29, 0.717) is 70.8 Å². The van der Waals surface area contributed by atoms with Crippen molar-refractivity contribution >= 4 is 29.8 Å². The molecule has 0 aromatic heterocycles. The van der Waals surface area contributed by atoms with E-state index in [1.165, 1.54) is 6.92 Å².